The number of hydrogen-bond acceptors (Lipinski definition) is 3. The third-order valence-electron chi connectivity index (χ3n) is 4.45. The largest absolute Gasteiger partial charge is 0.435 e. The highest BCUT2D eigenvalue weighted by molar-refractivity contribution is 5.97. The summed E-state index contributed by atoms with van der Waals surface area (Å²) < 4.78 is 28.6. The van der Waals surface area contributed by atoms with Crippen LogP contribution >= 0.6 is 0 Å². The molecule has 7 heteroatoms. The second-order valence-electron chi connectivity index (χ2n) is 6.37. The highest BCUT2D eigenvalue weighted by Gasteiger charge is 2.34. The van der Waals surface area contributed by atoms with E-state index in [9.17, 15) is 18.4 Å². The van der Waals surface area contributed by atoms with Crippen molar-refractivity contribution < 1.29 is 23.1 Å². The SMILES string of the molecule is O=C(Nc1ccc(OC(F)F)cc1)[C@@H]1CC(=O)N(CCc2ccccc2)C1. The summed E-state index contributed by atoms with van der Waals surface area (Å²) in [4.78, 5) is 26.3. The lowest BCUT2D eigenvalue weighted by atomic mass is 10.1. The van der Waals surface area contributed by atoms with E-state index in [0.717, 1.165) is 12.0 Å². The zero-order valence-electron chi connectivity index (χ0n) is 14.6. The van der Waals surface area contributed by atoms with Gasteiger partial charge in [0.15, 0.2) is 0 Å². The summed E-state index contributed by atoms with van der Waals surface area (Å²) in [7, 11) is 0. The number of ether oxygens (including phenoxy) is 1. The minimum atomic E-state index is -2.89. The van der Waals surface area contributed by atoms with Crippen molar-refractivity contribution in [3.05, 3.63) is 60.2 Å². The summed E-state index contributed by atoms with van der Waals surface area (Å²) in [5.74, 6) is -0.698. The number of likely N-dealkylation sites (tertiary alicyclic amines) is 1. The summed E-state index contributed by atoms with van der Waals surface area (Å²) in [6, 6.07) is 15.5. The molecule has 0 aliphatic carbocycles. The number of carbonyl (C=O) groups is 2. The van der Waals surface area contributed by atoms with Crippen molar-refractivity contribution in [1.29, 1.82) is 0 Å². The molecule has 2 amide bonds. The molecule has 2 aromatic rings. The summed E-state index contributed by atoms with van der Waals surface area (Å²) in [5, 5.41) is 2.72. The Morgan fingerprint density at radius 3 is 2.52 bits per heavy atom. The first-order chi connectivity index (χ1) is 13.0. The lowest BCUT2D eigenvalue weighted by molar-refractivity contribution is -0.128. The molecular weight excluding hydrogens is 354 g/mol. The smallest absolute Gasteiger partial charge is 0.387 e. The lowest BCUT2D eigenvalue weighted by Crippen LogP contribution is -2.30. The monoisotopic (exact) mass is 374 g/mol. The first kappa shape index (κ1) is 18.8. The zero-order chi connectivity index (χ0) is 19.2. The molecule has 0 aromatic heterocycles. The predicted octanol–water partition coefficient (Wildman–Crippen LogP) is 3.32. The van der Waals surface area contributed by atoms with Crippen LogP contribution in [0.5, 0.6) is 5.75 Å². The van der Waals surface area contributed by atoms with Crippen LogP contribution in [0, 0.1) is 5.92 Å². The molecule has 0 saturated carbocycles. The predicted molar refractivity (Wildman–Crippen MR) is 96.5 cm³/mol. The van der Waals surface area contributed by atoms with Crippen LogP contribution in [0.25, 0.3) is 0 Å². The van der Waals surface area contributed by atoms with Gasteiger partial charge in [0.1, 0.15) is 5.75 Å². The molecule has 0 spiro atoms. The Morgan fingerprint density at radius 1 is 1.15 bits per heavy atom. The number of nitrogens with one attached hydrogen (secondary N) is 1. The second-order valence-corrected chi connectivity index (χ2v) is 6.37. The molecule has 27 heavy (non-hydrogen) atoms. The average molecular weight is 374 g/mol. The third-order valence-corrected chi connectivity index (χ3v) is 4.45. The molecule has 142 valence electrons. The Labute approximate surface area is 155 Å². The molecule has 1 N–H and O–H groups in total. The fraction of sp³-hybridized carbons (Fsp3) is 0.300. The topological polar surface area (TPSA) is 58.6 Å². The van der Waals surface area contributed by atoms with Crippen molar-refractivity contribution in [2.24, 2.45) is 5.92 Å². The molecule has 1 aliphatic rings. The molecule has 0 unspecified atom stereocenters. The summed E-state index contributed by atoms with van der Waals surface area (Å²) in [6.07, 6.45) is 0.916. The number of nitrogens with zero attached hydrogens (tertiary/aromatic N) is 1. The molecule has 0 radical (unpaired) electrons. The fourth-order valence-electron chi connectivity index (χ4n) is 3.04. The molecule has 5 nitrogen and oxygen atoms in total. The van der Waals surface area contributed by atoms with Crippen molar-refractivity contribution >= 4 is 17.5 Å². The first-order valence-electron chi connectivity index (χ1n) is 8.68. The number of anilines is 1. The zero-order valence-corrected chi connectivity index (χ0v) is 14.6. The van der Waals surface area contributed by atoms with Crippen LogP contribution in [0.4, 0.5) is 14.5 Å². The van der Waals surface area contributed by atoms with Crippen LogP contribution in [-0.2, 0) is 16.0 Å². The molecule has 1 atom stereocenters. The summed E-state index contributed by atoms with van der Waals surface area (Å²) >= 11 is 0. The van der Waals surface area contributed by atoms with Crippen LogP contribution in [0.1, 0.15) is 12.0 Å². The number of carbonyl (C=O) groups excluding carboxylic acids is 2. The van der Waals surface area contributed by atoms with Crippen molar-refractivity contribution in [2.45, 2.75) is 19.5 Å². The van der Waals surface area contributed by atoms with Crippen LogP contribution < -0.4 is 10.1 Å². The Morgan fingerprint density at radius 2 is 1.85 bits per heavy atom. The average Bonchev–Trinajstić information content (AvgIpc) is 3.03. The minimum Gasteiger partial charge on any atom is -0.435 e. The van der Waals surface area contributed by atoms with E-state index in [1.807, 2.05) is 30.3 Å². The molecule has 1 saturated heterocycles. The minimum absolute atomic E-state index is 0.0196. The van der Waals surface area contributed by atoms with Gasteiger partial charge in [0.2, 0.25) is 11.8 Å². The number of amides is 2. The van der Waals surface area contributed by atoms with Crippen molar-refractivity contribution in [1.82, 2.24) is 4.90 Å². The van der Waals surface area contributed by atoms with Gasteiger partial charge >= 0.3 is 6.61 Å². The van der Waals surface area contributed by atoms with Gasteiger partial charge in [0, 0.05) is 25.2 Å². The van der Waals surface area contributed by atoms with Crippen LogP contribution in [-0.4, -0.2) is 36.4 Å². The maximum Gasteiger partial charge on any atom is 0.387 e. The van der Waals surface area contributed by atoms with E-state index in [1.54, 1.807) is 4.90 Å². The molecule has 3 rings (SSSR count). The molecule has 1 heterocycles. The van der Waals surface area contributed by atoms with E-state index in [4.69, 9.17) is 0 Å². The third kappa shape index (κ3) is 5.26. The van der Waals surface area contributed by atoms with E-state index in [-0.39, 0.29) is 24.0 Å². The highest BCUT2D eigenvalue weighted by Crippen LogP contribution is 2.22. The number of rotatable bonds is 7. The van der Waals surface area contributed by atoms with Gasteiger partial charge in [-0.05, 0) is 36.2 Å². The second kappa shape index (κ2) is 8.62. The van der Waals surface area contributed by atoms with Gasteiger partial charge in [-0.15, -0.1) is 0 Å². The maximum absolute atomic E-state index is 12.4. The molecule has 2 aromatic carbocycles. The standard InChI is InChI=1S/C20H20F2N2O3/c21-20(22)27-17-8-6-16(7-9-17)23-19(26)15-12-18(25)24(13-15)11-10-14-4-2-1-3-5-14/h1-9,15,20H,10-13H2,(H,23,26)/t15-/m1/s1. The van der Waals surface area contributed by atoms with Crippen LogP contribution in [0.3, 0.4) is 0 Å². The van der Waals surface area contributed by atoms with E-state index in [2.05, 4.69) is 10.1 Å². The Bertz CT molecular complexity index is 782. The van der Waals surface area contributed by atoms with Crippen molar-refractivity contribution in [3.63, 3.8) is 0 Å². The van der Waals surface area contributed by atoms with Gasteiger partial charge in [0.25, 0.3) is 0 Å². The van der Waals surface area contributed by atoms with Crippen molar-refractivity contribution in [3.8, 4) is 5.75 Å². The molecule has 1 fully saturated rings. The van der Waals surface area contributed by atoms with Gasteiger partial charge < -0.3 is 15.0 Å². The van der Waals surface area contributed by atoms with Gasteiger partial charge in [0.05, 0.1) is 5.92 Å². The first-order valence-corrected chi connectivity index (χ1v) is 8.68. The quantitative estimate of drug-likeness (QED) is 0.809. The van der Waals surface area contributed by atoms with Gasteiger partial charge in [-0.2, -0.15) is 8.78 Å². The van der Waals surface area contributed by atoms with E-state index >= 15 is 0 Å². The molecule has 0 bridgehead atoms. The van der Waals surface area contributed by atoms with E-state index < -0.39 is 12.5 Å². The Balaban J connectivity index is 1.51. The molecule has 1 aliphatic heterocycles. The Hall–Kier alpha value is -2.96. The number of hydrogen-bond donors (Lipinski definition) is 1. The molecular formula is C20H20F2N2O3. The fourth-order valence-corrected chi connectivity index (χ4v) is 3.04. The Kier molecular flexibility index (Phi) is 6.01. The van der Waals surface area contributed by atoms with Crippen LogP contribution in [0.2, 0.25) is 0 Å². The normalized spacial score (nSPS) is 16.6. The van der Waals surface area contributed by atoms with E-state index in [1.165, 1.54) is 24.3 Å². The summed E-state index contributed by atoms with van der Waals surface area (Å²) in [6.45, 7) is -1.94. The lowest BCUT2D eigenvalue weighted by Gasteiger charge is -2.16. The summed E-state index contributed by atoms with van der Waals surface area (Å²) in [5.41, 5.74) is 1.61. The highest BCUT2D eigenvalue weighted by atomic mass is 19.3. The van der Waals surface area contributed by atoms with Gasteiger partial charge in [-0.1, -0.05) is 30.3 Å². The maximum atomic E-state index is 12.4. The number of benzene rings is 2. The van der Waals surface area contributed by atoms with E-state index in [0.29, 0.717) is 18.8 Å². The number of halogens is 2. The van der Waals surface area contributed by atoms with Gasteiger partial charge in [-0.25, -0.2) is 0 Å². The van der Waals surface area contributed by atoms with Gasteiger partial charge in [-0.3, -0.25) is 9.59 Å². The number of alkyl halides is 2. The van der Waals surface area contributed by atoms with Crippen LogP contribution in [0.15, 0.2) is 54.6 Å². The van der Waals surface area contributed by atoms with Crippen molar-refractivity contribution in [2.75, 3.05) is 18.4 Å².